The molecule has 1 heterocycles. The fourth-order valence-corrected chi connectivity index (χ4v) is 2.37. The summed E-state index contributed by atoms with van der Waals surface area (Å²) in [5.74, 6) is -0.118. The zero-order chi connectivity index (χ0) is 15.7. The van der Waals surface area contributed by atoms with E-state index >= 15 is 0 Å². The molecule has 0 saturated carbocycles. The van der Waals surface area contributed by atoms with Gasteiger partial charge in [0.15, 0.2) is 0 Å². The van der Waals surface area contributed by atoms with Crippen molar-refractivity contribution in [3.8, 4) is 0 Å². The lowest BCUT2D eigenvalue weighted by molar-refractivity contribution is -0.130. The van der Waals surface area contributed by atoms with Crippen molar-refractivity contribution in [2.24, 2.45) is 0 Å². The van der Waals surface area contributed by atoms with Gasteiger partial charge in [-0.05, 0) is 19.9 Å². The highest BCUT2D eigenvalue weighted by atomic mass is 35.5. The zero-order valence-electron chi connectivity index (χ0n) is 12.0. The quantitative estimate of drug-likeness (QED) is 0.802. The van der Waals surface area contributed by atoms with Gasteiger partial charge in [-0.3, -0.25) is 4.79 Å². The number of carbonyl (C=O) groups is 1. The molecule has 0 aliphatic carbocycles. The molecule has 1 unspecified atom stereocenters. The van der Waals surface area contributed by atoms with Crippen LogP contribution in [0.15, 0.2) is 12.1 Å². The Labute approximate surface area is 132 Å². The average Bonchev–Trinajstić information content (AvgIpc) is 2.76. The number of hydrogen-bond donors (Lipinski definition) is 0. The predicted octanol–water partition coefficient (Wildman–Crippen LogP) is 3.61. The fraction of sp³-hybridized carbons (Fsp3) is 0.429. The number of carbonyl (C=O) groups excluding carboxylic acids is 1. The summed E-state index contributed by atoms with van der Waals surface area (Å²) in [5, 5.41) is -0.406. The van der Waals surface area contributed by atoms with Gasteiger partial charge in [0.1, 0.15) is 18.2 Å². The number of rotatable bonds is 4. The molecule has 0 aliphatic rings. The molecule has 21 heavy (non-hydrogen) atoms. The Balaban J connectivity index is 2.56. The standard InChI is InChI=1S/C14H16Cl2FN3O/c1-4-19(3)13(21)7-20-12-6-10(17)9(16)5-11(12)18-14(20)8(2)15/h5-6,8H,4,7H2,1-3H3. The Morgan fingerprint density at radius 2 is 2.19 bits per heavy atom. The molecule has 0 aliphatic heterocycles. The maximum Gasteiger partial charge on any atom is 0.242 e. The Bertz CT molecular complexity index is 684. The minimum absolute atomic E-state index is 0.00192. The SMILES string of the molecule is CCN(C)C(=O)Cn1c(C(C)Cl)nc2cc(Cl)c(F)cc21. The van der Waals surface area contributed by atoms with E-state index in [1.165, 1.54) is 12.1 Å². The summed E-state index contributed by atoms with van der Waals surface area (Å²) >= 11 is 11.9. The summed E-state index contributed by atoms with van der Waals surface area (Å²) in [7, 11) is 1.71. The van der Waals surface area contributed by atoms with Crippen LogP contribution in [0.3, 0.4) is 0 Å². The molecule has 1 aromatic heterocycles. The summed E-state index contributed by atoms with van der Waals surface area (Å²) in [6, 6.07) is 2.73. The average molecular weight is 332 g/mol. The van der Waals surface area contributed by atoms with Gasteiger partial charge in [0, 0.05) is 19.7 Å². The number of benzene rings is 1. The van der Waals surface area contributed by atoms with Gasteiger partial charge < -0.3 is 9.47 Å². The van der Waals surface area contributed by atoms with Crippen molar-refractivity contribution >= 4 is 40.1 Å². The first kappa shape index (κ1) is 16.0. The largest absolute Gasteiger partial charge is 0.344 e. The van der Waals surface area contributed by atoms with E-state index in [9.17, 15) is 9.18 Å². The molecule has 0 N–H and O–H groups in total. The first-order valence-corrected chi connectivity index (χ1v) is 7.39. The molecule has 0 radical (unpaired) electrons. The number of hydrogen-bond acceptors (Lipinski definition) is 2. The number of fused-ring (bicyclic) bond motifs is 1. The number of likely N-dealkylation sites (N-methyl/N-ethyl adjacent to an activating group) is 1. The van der Waals surface area contributed by atoms with Crippen molar-refractivity contribution in [3.63, 3.8) is 0 Å². The molecule has 1 aromatic carbocycles. The second-order valence-corrected chi connectivity index (χ2v) is 5.90. The predicted molar refractivity (Wildman–Crippen MR) is 82.3 cm³/mol. The second-order valence-electron chi connectivity index (χ2n) is 4.84. The molecule has 0 spiro atoms. The van der Waals surface area contributed by atoms with Crippen molar-refractivity contribution in [1.29, 1.82) is 0 Å². The van der Waals surface area contributed by atoms with Gasteiger partial charge in [0.2, 0.25) is 5.91 Å². The van der Waals surface area contributed by atoms with E-state index in [2.05, 4.69) is 4.98 Å². The molecule has 0 saturated heterocycles. The first-order chi connectivity index (χ1) is 9.85. The van der Waals surface area contributed by atoms with E-state index < -0.39 is 11.2 Å². The van der Waals surface area contributed by atoms with Gasteiger partial charge >= 0.3 is 0 Å². The van der Waals surface area contributed by atoms with E-state index in [4.69, 9.17) is 23.2 Å². The van der Waals surface area contributed by atoms with E-state index in [0.717, 1.165) is 0 Å². The first-order valence-electron chi connectivity index (χ1n) is 6.58. The highest BCUT2D eigenvalue weighted by Gasteiger charge is 2.19. The highest BCUT2D eigenvalue weighted by Crippen LogP contribution is 2.28. The number of aromatic nitrogens is 2. The van der Waals surface area contributed by atoms with Crippen molar-refractivity contribution in [2.45, 2.75) is 25.8 Å². The number of alkyl halides is 1. The maximum atomic E-state index is 13.7. The summed E-state index contributed by atoms with van der Waals surface area (Å²) in [6.07, 6.45) is 0. The van der Waals surface area contributed by atoms with Gasteiger partial charge in [0.25, 0.3) is 0 Å². The van der Waals surface area contributed by atoms with E-state index in [0.29, 0.717) is 23.4 Å². The third kappa shape index (κ3) is 3.14. The van der Waals surface area contributed by atoms with Gasteiger partial charge in [-0.2, -0.15) is 0 Å². The molecule has 114 valence electrons. The smallest absolute Gasteiger partial charge is 0.242 e. The van der Waals surface area contributed by atoms with E-state index in [-0.39, 0.29) is 17.5 Å². The molecule has 2 rings (SSSR count). The van der Waals surface area contributed by atoms with Crippen LogP contribution in [-0.2, 0) is 11.3 Å². The van der Waals surface area contributed by atoms with Crippen LogP contribution >= 0.6 is 23.2 Å². The Kier molecular flexibility index (Phi) is 4.74. The Morgan fingerprint density at radius 3 is 2.76 bits per heavy atom. The minimum Gasteiger partial charge on any atom is -0.344 e. The zero-order valence-corrected chi connectivity index (χ0v) is 13.5. The van der Waals surface area contributed by atoms with Crippen molar-refractivity contribution in [2.75, 3.05) is 13.6 Å². The summed E-state index contributed by atoms with van der Waals surface area (Å²) in [6.45, 7) is 4.30. The van der Waals surface area contributed by atoms with Gasteiger partial charge in [-0.15, -0.1) is 11.6 Å². The van der Waals surface area contributed by atoms with Crippen molar-refractivity contribution < 1.29 is 9.18 Å². The lowest BCUT2D eigenvalue weighted by Crippen LogP contribution is -2.30. The molecule has 0 fully saturated rings. The fourth-order valence-electron chi connectivity index (χ4n) is 2.04. The monoisotopic (exact) mass is 331 g/mol. The van der Waals surface area contributed by atoms with Crippen LogP contribution in [0.2, 0.25) is 5.02 Å². The topological polar surface area (TPSA) is 38.1 Å². The number of halogens is 3. The Hall–Kier alpha value is -1.33. The van der Waals surface area contributed by atoms with Crippen molar-refractivity contribution in [3.05, 3.63) is 28.8 Å². The van der Waals surface area contributed by atoms with Crippen LogP contribution in [0.25, 0.3) is 11.0 Å². The van der Waals surface area contributed by atoms with Crippen LogP contribution in [0.4, 0.5) is 4.39 Å². The second kappa shape index (κ2) is 6.20. The van der Waals surface area contributed by atoms with Gasteiger partial charge in [0.05, 0.1) is 21.4 Å². The minimum atomic E-state index is -0.546. The number of imidazole rings is 1. The lowest BCUT2D eigenvalue weighted by atomic mass is 10.3. The van der Waals surface area contributed by atoms with Crippen LogP contribution in [0, 0.1) is 5.82 Å². The van der Waals surface area contributed by atoms with Gasteiger partial charge in [-0.25, -0.2) is 9.37 Å². The normalized spacial score (nSPS) is 12.7. The van der Waals surface area contributed by atoms with Crippen molar-refractivity contribution in [1.82, 2.24) is 14.5 Å². The van der Waals surface area contributed by atoms with Crippen LogP contribution in [-0.4, -0.2) is 34.0 Å². The third-order valence-electron chi connectivity index (χ3n) is 3.37. The van der Waals surface area contributed by atoms with E-state index in [1.54, 1.807) is 23.4 Å². The molecule has 7 heteroatoms. The Morgan fingerprint density at radius 1 is 1.52 bits per heavy atom. The molecule has 0 bridgehead atoms. The molecular formula is C14H16Cl2FN3O. The molecular weight excluding hydrogens is 316 g/mol. The molecule has 2 aromatic rings. The number of amides is 1. The molecule has 1 amide bonds. The lowest BCUT2D eigenvalue weighted by Gasteiger charge is -2.17. The van der Waals surface area contributed by atoms with Crippen LogP contribution in [0.1, 0.15) is 25.0 Å². The molecule has 4 nitrogen and oxygen atoms in total. The van der Waals surface area contributed by atoms with Gasteiger partial charge in [-0.1, -0.05) is 11.6 Å². The third-order valence-corrected chi connectivity index (χ3v) is 3.85. The number of nitrogens with zero attached hydrogens (tertiary/aromatic N) is 3. The van der Waals surface area contributed by atoms with E-state index in [1.807, 2.05) is 6.92 Å². The summed E-state index contributed by atoms with van der Waals surface area (Å²) < 4.78 is 15.3. The van der Waals surface area contributed by atoms with Crippen LogP contribution in [0.5, 0.6) is 0 Å². The highest BCUT2D eigenvalue weighted by molar-refractivity contribution is 6.31. The molecule has 1 atom stereocenters. The maximum absolute atomic E-state index is 13.7. The van der Waals surface area contributed by atoms with Crippen LogP contribution < -0.4 is 0 Å². The summed E-state index contributed by atoms with van der Waals surface area (Å²) in [4.78, 5) is 18.1. The summed E-state index contributed by atoms with van der Waals surface area (Å²) in [5.41, 5.74) is 1.04.